The molecule has 0 saturated carbocycles. The zero-order chi connectivity index (χ0) is 10.7. The van der Waals surface area contributed by atoms with Crippen molar-refractivity contribution in [2.24, 2.45) is 0 Å². The van der Waals surface area contributed by atoms with E-state index < -0.39 is 0 Å². The van der Waals surface area contributed by atoms with E-state index in [0.29, 0.717) is 12.1 Å². The summed E-state index contributed by atoms with van der Waals surface area (Å²) < 4.78 is 0. The Bertz CT molecular complexity index is 280. The van der Waals surface area contributed by atoms with Gasteiger partial charge in [0, 0.05) is 29.7 Å². The van der Waals surface area contributed by atoms with Crippen molar-refractivity contribution in [1.29, 1.82) is 0 Å². The van der Waals surface area contributed by atoms with E-state index >= 15 is 0 Å². The van der Waals surface area contributed by atoms with Crippen molar-refractivity contribution in [3.05, 3.63) is 16.6 Å². The Morgan fingerprint density at radius 1 is 1.67 bits per heavy atom. The van der Waals surface area contributed by atoms with E-state index in [9.17, 15) is 0 Å². The van der Waals surface area contributed by atoms with Gasteiger partial charge in [-0.3, -0.25) is 9.88 Å². The molecule has 2 unspecified atom stereocenters. The number of thiazole rings is 1. The van der Waals surface area contributed by atoms with E-state index in [1.54, 1.807) is 11.3 Å². The Morgan fingerprint density at radius 2 is 2.53 bits per heavy atom. The lowest BCUT2D eigenvalue weighted by Gasteiger charge is -2.35. The molecule has 0 bridgehead atoms. The molecule has 2 rings (SSSR count). The summed E-state index contributed by atoms with van der Waals surface area (Å²) in [7, 11) is 2.22. The molecule has 2 heterocycles. The number of rotatable bonds is 3. The Hall–Kier alpha value is -0.450. The van der Waals surface area contributed by atoms with Crippen LogP contribution in [0.3, 0.4) is 0 Å². The highest BCUT2D eigenvalue weighted by atomic mass is 32.1. The maximum atomic E-state index is 4.15. The first-order valence-corrected chi connectivity index (χ1v) is 6.48. The first-order valence-electron chi connectivity index (χ1n) is 5.60. The normalized spacial score (nSPS) is 24.3. The largest absolute Gasteiger partial charge is 0.315 e. The Balaban J connectivity index is 1.97. The third-order valence-corrected chi connectivity index (χ3v) is 4.27. The van der Waals surface area contributed by atoms with Gasteiger partial charge in [0.15, 0.2) is 0 Å². The van der Waals surface area contributed by atoms with Crippen LogP contribution < -0.4 is 5.32 Å². The summed E-state index contributed by atoms with van der Waals surface area (Å²) in [6.07, 6.45) is 4.60. The zero-order valence-electron chi connectivity index (χ0n) is 9.44. The summed E-state index contributed by atoms with van der Waals surface area (Å²) in [6, 6.07) is 1.17. The number of nitrogens with zero attached hydrogens (tertiary/aromatic N) is 2. The molecule has 1 aromatic rings. The molecule has 1 aliphatic heterocycles. The topological polar surface area (TPSA) is 28.2 Å². The molecular weight excluding hydrogens is 206 g/mol. The van der Waals surface area contributed by atoms with Gasteiger partial charge in [-0.2, -0.15) is 0 Å². The number of piperidine rings is 1. The lowest BCUT2D eigenvalue weighted by Crippen LogP contribution is -2.44. The van der Waals surface area contributed by atoms with E-state index in [2.05, 4.69) is 29.2 Å². The molecule has 0 aromatic carbocycles. The summed E-state index contributed by atoms with van der Waals surface area (Å²) in [4.78, 5) is 7.98. The molecule has 15 heavy (non-hydrogen) atoms. The third-order valence-electron chi connectivity index (χ3n) is 3.32. The number of likely N-dealkylation sites (N-methyl/N-ethyl adjacent to an activating group) is 1. The molecular formula is C11H19N3S. The molecule has 0 spiro atoms. The van der Waals surface area contributed by atoms with Crippen LogP contribution in [0.1, 0.15) is 30.7 Å². The Kier molecular flexibility index (Phi) is 3.72. The second kappa shape index (κ2) is 5.05. The lowest BCUT2D eigenvalue weighted by atomic mass is 10.0. The van der Waals surface area contributed by atoms with Gasteiger partial charge in [-0.1, -0.05) is 0 Å². The summed E-state index contributed by atoms with van der Waals surface area (Å²) >= 11 is 1.75. The summed E-state index contributed by atoms with van der Waals surface area (Å²) in [6.45, 7) is 4.57. The molecule has 84 valence electrons. The molecule has 4 heteroatoms. The number of nitrogens with one attached hydrogen (secondary N) is 1. The Labute approximate surface area is 95.5 Å². The van der Waals surface area contributed by atoms with Crippen molar-refractivity contribution in [3.63, 3.8) is 0 Å². The second-order valence-electron chi connectivity index (χ2n) is 4.25. The van der Waals surface area contributed by atoms with Crippen molar-refractivity contribution in [3.8, 4) is 0 Å². The Morgan fingerprint density at radius 3 is 3.13 bits per heavy atom. The fourth-order valence-electron chi connectivity index (χ4n) is 2.13. The van der Waals surface area contributed by atoms with Crippen molar-refractivity contribution < 1.29 is 0 Å². The first kappa shape index (κ1) is 11.0. The highest BCUT2D eigenvalue weighted by Gasteiger charge is 2.23. The monoisotopic (exact) mass is 225 g/mol. The molecule has 1 N–H and O–H groups in total. The van der Waals surface area contributed by atoms with Crippen LogP contribution in [0.25, 0.3) is 0 Å². The van der Waals surface area contributed by atoms with E-state index in [1.165, 1.54) is 24.3 Å². The number of hydrogen-bond donors (Lipinski definition) is 1. The highest BCUT2D eigenvalue weighted by Crippen LogP contribution is 2.25. The number of aromatic nitrogens is 1. The predicted octanol–water partition coefficient (Wildman–Crippen LogP) is 1.89. The maximum absolute atomic E-state index is 4.15. The van der Waals surface area contributed by atoms with Gasteiger partial charge in [0.25, 0.3) is 0 Å². The number of hydrogen-bond acceptors (Lipinski definition) is 4. The minimum atomic E-state index is 0.488. The van der Waals surface area contributed by atoms with Crippen molar-refractivity contribution in [2.75, 3.05) is 20.1 Å². The molecule has 1 aliphatic rings. The van der Waals surface area contributed by atoms with Gasteiger partial charge in [0.2, 0.25) is 0 Å². The van der Waals surface area contributed by atoms with Gasteiger partial charge in [-0.25, -0.2) is 0 Å². The summed E-state index contributed by atoms with van der Waals surface area (Å²) in [5.74, 6) is 0. The molecule has 0 amide bonds. The molecule has 0 aliphatic carbocycles. The fourth-order valence-corrected chi connectivity index (χ4v) is 2.86. The fraction of sp³-hybridized carbons (Fsp3) is 0.727. The minimum absolute atomic E-state index is 0.488. The van der Waals surface area contributed by atoms with Crippen LogP contribution in [0.2, 0.25) is 0 Å². The average molecular weight is 225 g/mol. The van der Waals surface area contributed by atoms with Gasteiger partial charge < -0.3 is 5.32 Å². The van der Waals surface area contributed by atoms with Gasteiger partial charge >= 0.3 is 0 Å². The van der Waals surface area contributed by atoms with E-state index in [1.807, 2.05) is 11.7 Å². The molecule has 3 nitrogen and oxygen atoms in total. The standard InChI is InChI=1S/C11H19N3S/c1-9(11-7-13-8-15-11)14(2)10-4-3-5-12-6-10/h7-10,12H,3-6H2,1-2H3. The van der Waals surface area contributed by atoms with Crippen molar-refractivity contribution in [1.82, 2.24) is 15.2 Å². The maximum Gasteiger partial charge on any atom is 0.0794 e. The first-order chi connectivity index (χ1) is 7.29. The predicted molar refractivity (Wildman–Crippen MR) is 64.2 cm³/mol. The van der Waals surface area contributed by atoms with E-state index in [0.717, 1.165) is 6.54 Å². The summed E-state index contributed by atoms with van der Waals surface area (Å²) in [5, 5.41) is 3.46. The van der Waals surface area contributed by atoms with Crippen LogP contribution in [0.15, 0.2) is 11.7 Å². The van der Waals surface area contributed by atoms with Crippen LogP contribution in [0, 0.1) is 0 Å². The summed E-state index contributed by atoms with van der Waals surface area (Å²) in [5.41, 5.74) is 1.92. The highest BCUT2D eigenvalue weighted by molar-refractivity contribution is 7.09. The van der Waals surface area contributed by atoms with Gasteiger partial charge in [-0.15, -0.1) is 11.3 Å². The second-order valence-corrected chi connectivity index (χ2v) is 5.16. The molecule has 2 atom stereocenters. The SMILES string of the molecule is CC(c1cncs1)N(C)C1CCCNC1. The van der Waals surface area contributed by atoms with Crippen LogP contribution in [-0.2, 0) is 0 Å². The quantitative estimate of drug-likeness (QED) is 0.851. The lowest BCUT2D eigenvalue weighted by molar-refractivity contribution is 0.158. The minimum Gasteiger partial charge on any atom is -0.315 e. The average Bonchev–Trinajstić information content (AvgIpc) is 2.82. The molecule has 0 radical (unpaired) electrons. The van der Waals surface area contributed by atoms with Gasteiger partial charge in [-0.05, 0) is 33.4 Å². The molecule has 1 fully saturated rings. The van der Waals surface area contributed by atoms with E-state index in [4.69, 9.17) is 0 Å². The van der Waals surface area contributed by atoms with Crippen LogP contribution >= 0.6 is 11.3 Å². The van der Waals surface area contributed by atoms with E-state index in [-0.39, 0.29) is 0 Å². The third kappa shape index (κ3) is 2.56. The van der Waals surface area contributed by atoms with Crippen LogP contribution in [0.4, 0.5) is 0 Å². The molecule has 1 aromatic heterocycles. The smallest absolute Gasteiger partial charge is 0.0794 e. The molecule has 1 saturated heterocycles. The van der Waals surface area contributed by atoms with Gasteiger partial charge in [0.1, 0.15) is 0 Å². The zero-order valence-corrected chi connectivity index (χ0v) is 10.3. The van der Waals surface area contributed by atoms with Crippen molar-refractivity contribution in [2.45, 2.75) is 31.8 Å². The van der Waals surface area contributed by atoms with Crippen LogP contribution in [-0.4, -0.2) is 36.1 Å². The van der Waals surface area contributed by atoms with Crippen molar-refractivity contribution >= 4 is 11.3 Å². The van der Waals surface area contributed by atoms with Gasteiger partial charge in [0.05, 0.1) is 5.51 Å². The van der Waals surface area contributed by atoms with Crippen LogP contribution in [0.5, 0.6) is 0 Å².